The zero-order valence-corrected chi connectivity index (χ0v) is 17.3. The summed E-state index contributed by atoms with van der Waals surface area (Å²) in [4.78, 5) is 0. The third kappa shape index (κ3) is 2.42. The molecule has 0 saturated heterocycles. The van der Waals surface area contributed by atoms with E-state index in [0.29, 0.717) is 30.1 Å². The lowest BCUT2D eigenvalue weighted by atomic mass is 9.52. The Kier molecular flexibility index (Phi) is 3.91. The van der Waals surface area contributed by atoms with Crippen LogP contribution in [0.5, 0.6) is 11.5 Å². The average Bonchev–Trinajstić information content (AvgIpc) is 3.27. The molecule has 0 radical (unpaired) electrons. The predicted molar refractivity (Wildman–Crippen MR) is 104 cm³/mol. The van der Waals surface area contributed by atoms with Crippen molar-refractivity contribution in [2.24, 2.45) is 27.8 Å². The second-order valence-corrected chi connectivity index (χ2v) is 10.6. The van der Waals surface area contributed by atoms with Crippen molar-refractivity contribution in [1.82, 2.24) is 0 Å². The molecule has 0 aromatic heterocycles. The molecule has 0 aliphatic heterocycles. The SMILES string of the molecule is CCOc1cc2c(cc1OS(N)(=O)=O)CCC1C2CC[C@]2(C)[C@H](O)CC3CC312. The van der Waals surface area contributed by atoms with Crippen LogP contribution in [-0.2, 0) is 16.7 Å². The van der Waals surface area contributed by atoms with Gasteiger partial charge in [0.15, 0.2) is 11.5 Å². The summed E-state index contributed by atoms with van der Waals surface area (Å²) in [5, 5.41) is 15.8. The molecule has 4 unspecified atom stereocenters. The van der Waals surface area contributed by atoms with Crippen molar-refractivity contribution >= 4 is 10.3 Å². The lowest BCUT2D eigenvalue weighted by Gasteiger charge is -2.52. The Labute approximate surface area is 166 Å². The van der Waals surface area contributed by atoms with Crippen LogP contribution in [0.4, 0.5) is 0 Å². The summed E-state index contributed by atoms with van der Waals surface area (Å²) in [6.45, 7) is 4.60. The van der Waals surface area contributed by atoms with Crippen LogP contribution in [0.3, 0.4) is 0 Å². The Morgan fingerprint density at radius 3 is 2.79 bits per heavy atom. The molecule has 7 heteroatoms. The Morgan fingerprint density at radius 1 is 1.29 bits per heavy atom. The fourth-order valence-corrected chi connectivity index (χ4v) is 7.63. The summed E-state index contributed by atoms with van der Waals surface area (Å²) >= 11 is 0. The van der Waals surface area contributed by atoms with Crippen LogP contribution >= 0.6 is 0 Å². The highest BCUT2D eigenvalue weighted by Gasteiger charge is 2.76. The fourth-order valence-electron chi connectivity index (χ4n) is 7.25. The predicted octanol–water partition coefficient (Wildman–Crippen LogP) is 2.88. The van der Waals surface area contributed by atoms with Crippen molar-refractivity contribution in [2.75, 3.05) is 6.61 Å². The Balaban J connectivity index is 1.55. The van der Waals surface area contributed by atoms with Gasteiger partial charge in [-0.25, -0.2) is 0 Å². The maximum atomic E-state index is 11.5. The third-order valence-corrected chi connectivity index (χ3v) is 8.83. The summed E-state index contributed by atoms with van der Waals surface area (Å²) in [7, 11) is -4.10. The molecular formula is C21H29NO5S. The molecule has 1 spiro atoms. The molecule has 6 atom stereocenters. The molecule has 1 aromatic carbocycles. The highest BCUT2D eigenvalue weighted by Crippen LogP contribution is 2.81. The van der Waals surface area contributed by atoms with Gasteiger partial charge in [-0.2, -0.15) is 13.6 Å². The number of aliphatic hydroxyl groups is 1. The van der Waals surface area contributed by atoms with Crippen molar-refractivity contribution in [3.63, 3.8) is 0 Å². The number of rotatable bonds is 4. The van der Waals surface area contributed by atoms with Crippen molar-refractivity contribution in [1.29, 1.82) is 0 Å². The van der Waals surface area contributed by atoms with Gasteiger partial charge in [0.1, 0.15) is 0 Å². The van der Waals surface area contributed by atoms with Crippen LogP contribution in [0, 0.1) is 22.7 Å². The van der Waals surface area contributed by atoms with Gasteiger partial charge in [-0.05, 0) is 97.3 Å². The normalized spacial score (nSPS) is 40.7. The largest absolute Gasteiger partial charge is 0.490 e. The van der Waals surface area contributed by atoms with Crippen molar-refractivity contribution in [2.45, 2.75) is 64.4 Å². The van der Waals surface area contributed by atoms with Crippen LogP contribution < -0.4 is 14.1 Å². The lowest BCUT2D eigenvalue weighted by molar-refractivity contribution is -0.0558. The number of fused-ring (bicyclic) bond motifs is 3. The maximum absolute atomic E-state index is 11.5. The van der Waals surface area contributed by atoms with Gasteiger partial charge in [-0.15, -0.1) is 0 Å². The minimum atomic E-state index is -4.10. The van der Waals surface area contributed by atoms with Crippen LogP contribution in [-0.4, -0.2) is 26.2 Å². The number of ether oxygens (including phenoxy) is 1. The number of aryl methyl sites for hydroxylation is 1. The van der Waals surface area contributed by atoms with E-state index in [0.717, 1.165) is 37.7 Å². The summed E-state index contributed by atoms with van der Waals surface area (Å²) in [6.07, 6.45) is 6.12. The summed E-state index contributed by atoms with van der Waals surface area (Å²) in [5.41, 5.74) is 2.74. The van der Waals surface area contributed by atoms with Crippen molar-refractivity contribution in [3.8, 4) is 11.5 Å². The summed E-state index contributed by atoms with van der Waals surface area (Å²) in [5.74, 6) is 2.31. The van der Waals surface area contributed by atoms with E-state index in [1.165, 1.54) is 12.0 Å². The number of aliphatic hydroxyl groups excluding tert-OH is 1. The summed E-state index contributed by atoms with van der Waals surface area (Å²) < 4.78 is 33.6. The number of nitrogens with two attached hydrogens (primary N) is 1. The van der Waals surface area contributed by atoms with Gasteiger partial charge in [0.05, 0.1) is 12.7 Å². The Bertz CT molecular complexity index is 931. The number of hydrogen-bond acceptors (Lipinski definition) is 5. The Morgan fingerprint density at radius 2 is 2.07 bits per heavy atom. The molecule has 4 aliphatic carbocycles. The van der Waals surface area contributed by atoms with E-state index in [2.05, 4.69) is 6.92 Å². The van der Waals surface area contributed by atoms with E-state index in [9.17, 15) is 13.5 Å². The molecule has 3 saturated carbocycles. The quantitative estimate of drug-likeness (QED) is 0.800. The van der Waals surface area contributed by atoms with Crippen molar-refractivity contribution in [3.05, 3.63) is 23.3 Å². The van der Waals surface area contributed by atoms with E-state index < -0.39 is 10.3 Å². The molecule has 3 fully saturated rings. The molecule has 28 heavy (non-hydrogen) atoms. The van der Waals surface area contributed by atoms with Gasteiger partial charge in [0.25, 0.3) is 0 Å². The molecule has 0 heterocycles. The first-order valence-corrected chi connectivity index (χ1v) is 11.9. The van der Waals surface area contributed by atoms with E-state index in [1.807, 2.05) is 13.0 Å². The van der Waals surface area contributed by atoms with Gasteiger partial charge in [-0.1, -0.05) is 6.92 Å². The lowest BCUT2D eigenvalue weighted by Crippen LogP contribution is -2.47. The van der Waals surface area contributed by atoms with E-state index >= 15 is 0 Å². The topological polar surface area (TPSA) is 98.9 Å². The van der Waals surface area contributed by atoms with Crippen LogP contribution in [0.1, 0.15) is 63.0 Å². The first-order valence-electron chi connectivity index (χ1n) is 10.4. The van der Waals surface area contributed by atoms with E-state index in [1.54, 1.807) is 6.07 Å². The molecule has 0 amide bonds. The van der Waals surface area contributed by atoms with Gasteiger partial charge in [-0.3, -0.25) is 0 Å². The van der Waals surface area contributed by atoms with Crippen molar-refractivity contribution < 1.29 is 22.4 Å². The van der Waals surface area contributed by atoms with Crippen LogP contribution in [0.2, 0.25) is 0 Å². The van der Waals surface area contributed by atoms with Gasteiger partial charge in [0, 0.05) is 0 Å². The maximum Gasteiger partial charge on any atom is 0.380 e. The standard InChI is InChI=1S/C21H29NO5S/c1-3-26-17-10-15-12(8-18(17)27-28(22,24)25)4-5-16-14(15)6-7-20(2)19(23)9-13-11-21(13,16)20/h8,10,13-14,16,19,23H,3-7,9,11H2,1-2H3,(H2,22,24,25)/t13?,14?,16?,19-,20-,21?/m1/s1. The molecule has 1 aromatic rings. The van der Waals surface area contributed by atoms with E-state index in [4.69, 9.17) is 14.1 Å². The first kappa shape index (κ1) is 18.7. The fraction of sp³-hybridized carbons (Fsp3) is 0.714. The monoisotopic (exact) mass is 407 g/mol. The zero-order chi connectivity index (χ0) is 19.9. The molecular weight excluding hydrogens is 378 g/mol. The molecule has 5 rings (SSSR count). The molecule has 4 aliphatic rings. The van der Waals surface area contributed by atoms with Gasteiger partial charge < -0.3 is 14.0 Å². The number of benzene rings is 1. The van der Waals surface area contributed by atoms with Crippen LogP contribution in [0.25, 0.3) is 0 Å². The van der Waals surface area contributed by atoms with Crippen LogP contribution in [0.15, 0.2) is 12.1 Å². The Hall–Kier alpha value is -1.31. The summed E-state index contributed by atoms with van der Waals surface area (Å²) in [6, 6.07) is 3.79. The second kappa shape index (κ2) is 5.86. The average molecular weight is 408 g/mol. The number of hydrogen-bond donors (Lipinski definition) is 2. The second-order valence-electron chi connectivity index (χ2n) is 9.41. The molecule has 0 bridgehead atoms. The smallest absolute Gasteiger partial charge is 0.380 e. The zero-order valence-electron chi connectivity index (χ0n) is 16.5. The minimum Gasteiger partial charge on any atom is -0.490 e. The highest BCUT2D eigenvalue weighted by atomic mass is 32.2. The van der Waals surface area contributed by atoms with Gasteiger partial charge in [0.2, 0.25) is 0 Å². The molecule has 3 N–H and O–H groups in total. The minimum absolute atomic E-state index is 0.0514. The molecule has 154 valence electrons. The van der Waals surface area contributed by atoms with Gasteiger partial charge >= 0.3 is 10.3 Å². The third-order valence-electron chi connectivity index (χ3n) is 8.42. The van der Waals surface area contributed by atoms with E-state index in [-0.39, 0.29) is 22.7 Å². The molecule has 6 nitrogen and oxygen atoms in total. The highest BCUT2D eigenvalue weighted by molar-refractivity contribution is 7.84. The first-order chi connectivity index (χ1) is 13.2.